The second-order valence-corrected chi connectivity index (χ2v) is 3.56. The third-order valence-electron chi connectivity index (χ3n) is 2.17. The van der Waals surface area contributed by atoms with Gasteiger partial charge in [0.05, 0.1) is 5.52 Å². The van der Waals surface area contributed by atoms with Crippen molar-refractivity contribution < 1.29 is 4.79 Å². The van der Waals surface area contributed by atoms with Crippen molar-refractivity contribution in [1.82, 2.24) is 9.78 Å². The number of ketones is 1. The Bertz CT molecular complexity index is 516. The fourth-order valence-corrected chi connectivity index (χ4v) is 1.58. The molecule has 0 spiro atoms. The molecule has 0 N–H and O–H groups in total. The molecule has 0 atom stereocenters. The first kappa shape index (κ1) is 9.21. The van der Waals surface area contributed by atoms with Gasteiger partial charge in [-0.05, 0) is 25.1 Å². The van der Waals surface area contributed by atoms with Crippen LogP contribution in [0.2, 0.25) is 5.15 Å². The number of aryl methyl sites for hydroxylation is 1. The number of nitrogens with zero attached hydrogens (tertiary/aromatic N) is 2. The van der Waals surface area contributed by atoms with Gasteiger partial charge >= 0.3 is 0 Å². The van der Waals surface area contributed by atoms with Crippen molar-refractivity contribution in [3.05, 3.63) is 28.9 Å². The van der Waals surface area contributed by atoms with Crippen LogP contribution < -0.4 is 0 Å². The van der Waals surface area contributed by atoms with Crippen molar-refractivity contribution in [3.8, 4) is 0 Å². The van der Waals surface area contributed by atoms with Crippen LogP contribution in [0.1, 0.15) is 17.3 Å². The summed E-state index contributed by atoms with van der Waals surface area (Å²) in [5.74, 6) is 0.0341. The molecule has 0 aliphatic heterocycles. The Balaban J connectivity index is 2.76. The molecule has 3 nitrogen and oxygen atoms in total. The summed E-state index contributed by atoms with van der Waals surface area (Å²) in [7, 11) is 1.77. The van der Waals surface area contributed by atoms with Gasteiger partial charge in [0.15, 0.2) is 5.78 Å². The van der Waals surface area contributed by atoms with Gasteiger partial charge in [0.2, 0.25) is 0 Å². The molecule has 0 saturated heterocycles. The zero-order valence-electron chi connectivity index (χ0n) is 7.91. The van der Waals surface area contributed by atoms with Gasteiger partial charge in [0, 0.05) is 18.0 Å². The Morgan fingerprint density at radius 3 is 2.86 bits per heavy atom. The number of fused-ring (bicyclic) bond motifs is 1. The summed E-state index contributed by atoms with van der Waals surface area (Å²) >= 11 is 6.01. The number of rotatable bonds is 1. The van der Waals surface area contributed by atoms with Gasteiger partial charge in [-0.2, -0.15) is 5.10 Å². The first-order chi connectivity index (χ1) is 6.59. The molecule has 0 aliphatic carbocycles. The summed E-state index contributed by atoms with van der Waals surface area (Å²) < 4.78 is 1.59. The molecule has 14 heavy (non-hydrogen) atoms. The van der Waals surface area contributed by atoms with E-state index in [-0.39, 0.29) is 5.78 Å². The summed E-state index contributed by atoms with van der Waals surface area (Å²) in [6.07, 6.45) is 0. The minimum Gasteiger partial charge on any atom is -0.295 e. The number of hydrogen-bond donors (Lipinski definition) is 0. The smallest absolute Gasteiger partial charge is 0.159 e. The first-order valence-electron chi connectivity index (χ1n) is 4.23. The lowest BCUT2D eigenvalue weighted by Gasteiger charge is -1.94. The molecule has 0 aliphatic rings. The van der Waals surface area contributed by atoms with Crippen molar-refractivity contribution in [2.45, 2.75) is 6.92 Å². The second kappa shape index (κ2) is 3.10. The van der Waals surface area contributed by atoms with E-state index in [1.54, 1.807) is 29.9 Å². The molecule has 0 saturated carbocycles. The van der Waals surface area contributed by atoms with Gasteiger partial charge in [-0.1, -0.05) is 11.6 Å². The van der Waals surface area contributed by atoms with Crippen LogP contribution in [0.25, 0.3) is 10.9 Å². The quantitative estimate of drug-likeness (QED) is 0.675. The van der Waals surface area contributed by atoms with Crippen molar-refractivity contribution in [1.29, 1.82) is 0 Å². The summed E-state index contributed by atoms with van der Waals surface area (Å²) in [5.41, 5.74) is 1.47. The van der Waals surface area contributed by atoms with E-state index >= 15 is 0 Å². The van der Waals surface area contributed by atoms with Crippen LogP contribution in [0.15, 0.2) is 18.2 Å². The molecule has 0 radical (unpaired) electrons. The largest absolute Gasteiger partial charge is 0.295 e. The standard InChI is InChI=1S/C10H9ClN2O/c1-6(14)7-3-4-9-8(5-7)10(11)13(2)12-9/h3-5H,1-2H3. The highest BCUT2D eigenvalue weighted by Crippen LogP contribution is 2.23. The lowest BCUT2D eigenvalue weighted by atomic mass is 10.1. The SMILES string of the molecule is CC(=O)c1ccc2nn(C)c(Cl)c2c1. The Hall–Kier alpha value is -1.35. The van der Waals surface area contributed by atoms with Gasteiger partial charge in [-0.25, -0.2) is 0 Å². The number of hydrogen-bond acceptors (Lipinski definition) is 2. The van der Waals surface area contributed by atoms with Gasteiger partial charge in [0.1, 0.15) is 5.15 Å². The van der Waals surface area contributed by atoms with E-state index in [2.05, 4.69) is 5.10 Å². The van der Waals surface area contributed by atoms with E-state index in [1.807, 2.05) is 0 Å². The predicted octanol–water partition coefficient (Wildman–Crippen LogP) is 2.43. The Morgan fingerprint density at radius 2 is 2.21 bits per heavy atom. The molecule has 1 aromatic heterocycles. The molecule has 0 fully saturated rings. The maximum Gasteiger partial charge on any atom is 0.159 e. The molecule has 72 valence electrons. The fraction of sp³-hybridized carbons (Fsp3) is 0.200. The van der Waals surface area contributed by atoms with Crippen molar-refractivity contribution in [2.75, 3.05) is 0 Å². The lowest BCUT2D eigenvalue weighted by Crippen LogP contribution is -1.90. The zero-order chi connectivity index (χ0) is 10.3. The number of aromatic nitrogens is 2. The third kappa shape index (κ3) is 1.30. The first-order valence-corrected chi connectivity index (χ1v) is 4.60. The predicted molar refractivity (Wildman–Crippen MR) is 55.7 cm³/mol. The monoisotopic (exact) mass is 208 g/mol. The minimum atomic E-state index is 0.0341. The average Bonchev–Trinajstić information content (AvgIpc) is 2.43. The number of carbonyl (C=O) groups excluding carboxylic acids is 1. The van der Waals surface area contributed by atoms with Gasteiger partial charge in [-0.3, -0.25) is 9.48 Å². The molecule has 1 aromatic carbocycles. The van der Waals surface area contributed by atoms with Crippen LogP contribution in [0.4, 0.5) is 0 Å². The summed E-state index contributed by atoms with van der Waals surface area (Å²) in [6.45, 7) is 1.53. The van der Waals surface area contributed by atoms with E-state index in [0.29, 0.717) is 10.7 Å². The van der Waals surface area contributed by atoms with E-state index in [9.17, 15) is 4.79 Å². The molecule has 0 unspecified atom stereocenters. The Kier molecular flexibility index (Phi) is 2.04. The highest BCUT2D eigenvalue weighted by Gasteiger charge is 2.08. The van der Waals surface area contributed by atoms with Gasteiger partial charge in [-0.15, -0.1) is 0 Å². The van der Waals surface area contributed by atoms with Crippen LogP contribution in [-0.4, -0.2) is 15.6 Å². The molecule has 2 aromatic rings. The summed E-state index contributed by atoms with van der Waals surface area (Å²) in [4.78, 5) is 11.1. The van der Waals surface area contributed by atoms with Gasteiger partial charge < -0.3 is 0 Å². The Morgan fingerprint density at radius 1 is 1.50 bits per heavy atom. The third-order valence-corrected chi connectivity index (χ3v) is 2.62. The molecule has 4 heteroatoms. The van der Waals surface area contributed by atoms with E-state index in [0.717, 1.165) is 10.9 Å². The molecule has 0 bridgehead atoms. The lowest BCUT2D eigenvalue weighted by molar-refractivity contribution is 0.101. The normalized spacial score (nSPS) is 10.8. The number of benzene rings is 1. The van der Waals surface area contributed by atoms with Crippen LogP contribution in [0.5, 0.6) is 0 Å². The van der Waals surface area contributed by atoms with E-state index in [4.69, 9.17) is 11.6 Å². The molecule has 2 rings (SSSR count). The summed E-state index contributed by atoms with van der Waals surface area (Å²) in [6, 6.07) is 5.33. The van der Waals surface area contributed by atoms with E-state index in [1.165, 1.54) is 6.92 Å². The second-order valence-electron chi connectivity index (χ2n) is 3.20. The van der Waals surface area contributed by atoms with Crippen molar-refractivity contribution >= 4 is 28.3 Å². The Labute approximate surface area is 86.3 Å². The topological polar surface area (TPSA) is 34.9 Å². The number of halogens is 1. The van der Waals surface area contributed by atoms with Crippen molar-refractivity contribution in [2.24, 2.45) is 7.05 Å². The van der Waals surface area contributed by atoms with Crippen LogP contribution in [-0.2, 0) is 7.05 Å². The average molecular weight is 209 g/mol. The molecular weight excluding hydrogens is 200 g/mol. The zero-order valence-corrected chi connectivity index (χ0v) is 8.67. The highest BCUT2D eigenvalue weighted by atomic mass is 35.5. The van der Waals surface area contributed by atoms with Crippen LogP contribution >= 0.6 is 11.6 Å². The molecular formula is C10H9ClN2O. The maximum absolute atomic E-state index is 11.1. The van der Waals surface area contributed by atoms with Gasteiger partial charge in [0.25, 0.3) is 0 Å². The molecule has 0 amide bonds. The van der Waals surface area contributed by atoms with Crippen LogP contribution in [0, 0.1) is 0 Å². The van der Waals surface area contributed by atoms with Crippen LogP contribution in [0.3, 0.4) is 0 Å². The number of Topliss-reactive ketones (excluding diaryl/α,β-unsaturated/α-hetero) is 1. The summed E-state index contributed by atoms with van der Waals surface area (Å²) in [5, 5.41) is 5.57. The highest BCUT2D eigenvalue weighted by molar-refractivity contribution is 6.34. The minimum absolute atomic E-state index is 0.0341. The maximum atomic E-state index is 11.1. The number of carbonyl (C=O) groups is 1. The van der Waals surface area contributed by atoms with E-state index < -0.39 is 0 Å². The molecule has 1 heterocycles. The van der Waals surface area contributed by atoms with Crippen molar-refractivity contribution in [3.63, 3.8) is 0 Å². The fourth-order valence-electron chi connectivity index (χ4n) is 1.39.